The lowest BCUT2D eigenvalue weighted by molar-refractivity contribution is -0.0992. The van der Waals surface area contributed by atoms with Gasteiger partial charge in [0.1, 0.15) is 5.76 Å². The van der Waals surface area contributed by atoms with E-state index >= 15 is 0 Å². The number of furan rings is 1. The second kappa shape index (κ2) is 5.36. The molecule has 0 aliphatic carbocycles. The van der Waals surface area contributed by atoms with Crippen LogP contribution in [0, 0.1) is 0 Å². The molecule has 9 heteroatoms. The van der Waals surface area contributed by atoms with Crippen molar-refractivity contribution in [1.29, 1.82) is 0 Å². The van der Waals surface area contributed by atoms with Crippen molar-refractivity contribution in [2.45, 2.75) is 12.5 Å². The number of nitrogens with one attached hydrogen (secondary N) is 1. The van der Waals surface area contributed by atoms with Gasteiger partial charge in [0.15, 0.2) is 20.4 Å². The Bertz CT molecular complexity index is 764. The van der Waals surface area contributed by atoms with E-state index in [4.69, 9.17) is 19.0 Å². The van der Waals surface area contributed by atoms with Crippen LogP contribution in [0.15, 0.2) is 32.3 Å². The monoisotopic (exact) mass is 292 g/mol. The van der Waals surface area contributed by atoms with Crippen LogP contribution in [0.5, 0.6) is 0 Å². The van der Waals surface area contributed by atoms with Gasteiger partial charge >= 0.3 is 5.69 Å². The number of aliphatic hydroxyl groups is 1. The third kappa shape index (κ3) is 2.58. The highest BCUT2D eigenvalue weighted by atomic mass is 16.7. The van der Waals surface area contributed by atoms with Gasteiger partial charge in [-0.05, 0) is 12.1 Å². The Morgan fingerprint density at radius 2 is 2.24 bits per heavy atom. The fraction of sp³-hybridized carbons (Fsp3) is 0.333. The molecule has 0 aromatic carbocycles. The number of aromatic nitrogens is 2. The van der Waals surface area contributed by atoms with Crippen molar-refractivity contribution in [1.82, 2.24) is 9.55 Å². The van der Waals surface area contributed by atoms with E-state index < -0.39 is 23.8 Å². The molecule has 2 N–H and O–H groups in total. The van der Waals surface area contributed by atoms with E-state index in [9.17, 15) is 9.59 Å². The van der Waals surface area contributed by atoms with E-state index in [1.807, 2.05) is 0 Å². The maximum absolute atomic E-state index is 11.9. The molecule has 1 fully saturated rings. The van der Waals surface area contributed by atoms with Gasteiger partial charge in [0.25, 0.3) is 5.56 Å². The lowest BCUT2D eigenvalue weighted by Crippen LogP contribution is -2.34. The highest BCUT2D eigenvalue weighted by Crippen LogP contribution is 2.20. The zero-order valence-electron chi connectivity index (χ0n) is 11.2. The minimum absolute atomic E-state index is 0.105. The molecule has 0 bridgehead atoms. The highest BCUT2D eigenvalue weighted by molar-refractivity contribution is 6.29. The van der Waals surface area contributed by atoms with Gasteiger partial charge in [-0.1, -0.05) is 0 Å². The van der Waals surface area contributed by atoms with Gasteiger partial charge in [0, 0.05) is 6.20 Å². The molecule has 2 aromatic rings. The second-order valence-electron chi connectivity index (χ2n) is 4.66. The normalized spacial score (nSPS) is 21.8. The Labute approximate surface area is 119 Å². The molecule has 3 rings (SSSR count). The first kappa shape index (κ1) is 13.9. The summed E-state index contributed by atoms with van der Waals surface area (Å²) in [6.07, 6.45) is -0.114. The molecule has 1 aliphatic heterocycles. The Hall–Kier alpha value is -2.10. The molecule has 0 spiro atoms. The average Bonchev–Trinajstić information content (AvgIpc) is 3.08. The molecule has 0 amide bonds. The number of hydrogen-bond donors (Lipinski definition) is 2. The molecule has 1 aliphatic rings. The molecule has 2 atom stereocenters. The van der Waals surface area contributed by atoms with Crippen molar-refractivity contribution < 1.29 is 19.0 Å². The average molecular weight is 292 g/mol. The fourth-order valence-electron chi connectivity index (χ4n) is 2.14. The van der Waals surface area contributed by atoms with Crippen LogP contribution < -0.4 is 16.9 Å². The molecule has 0 radical (unpaired) electrons. The second-order valence-corrected chi connectivity index (χ2v) is 4.66. The van der Waals surface area contributed by atoms with Gasteiger partial charge in [-0.3, -0.25) is 14.3 Å². The quantitative estimate of drug-likeness (QED) is 0.629. The Kier molecular flexibility index (Phi) is 3.54. The standard InChI is InChI=1S/C12H13BN2O6/c13-8-2-1-7(20-8)6-3-15(12(18)14-11(6)17)9-5-19-10(4-16)21-9/h1-3,9-10,16H,4-5,13H2,(H,14,17,18). The summed E-state index contributed by atoms with van der Waals surface area (Å²) < 4.78 is 17.1. The van der Waals surface area contributed by atoms with Crippen LogP contribution in [0.25, 0.3) is 11.3 Å². The largest absolute Gasteiger partial charge is 0.472 e. The molecule has 2 aromatic heterocycles. The Morgan fingerprint density at radius 3 is 2.86 bits per heavy atom. The predicted octanol–water partition coefficient (Wildman–Crippen LogP) is -2.08. The molecule has 2 unspecified atom stereocenters. The first-order valence-corrected chi connectivity index (χ1v) is 6.38. The fourth-order valence-corrected chi connectivity index (χ4v) is 2.14. The smallest absolute Gasteiger partial charge is 0.330 e. The number of rotatable bonds is 3. The van der Waals surface area contributed by atoms with Crippen LogP contribution in [0.3, 0.4) is 0 Å². The van der Waals surface area contributed by atoms with Crippen molar-refractivity contribution in [3.63, 3.8) is 0 Å². The molecule has 0 saturated carbocycles. The molecule has 21 heavy (non-hydrogen) atoms. The minimum Gasteiger partial charge on any atom is -0.472 e. The lowest BCUT2D eigenvalue weighted by atomic mass is 10.1. The maximum Gasteiger partial charge on any atom is 0.330 e. The molecule has 1 saturated heterocycles. The van der Waals surface area contributed by atoms with E-state index in [-0.39, 0.29) is 18.8 Å². The van der Waals surface area contributed by atoms with Crippen LogP contribution in [-0.4, -0.2) is 42.0 Å². The summed E-state index contributed by atoms with van der Waals surface area (Å²) >= 11 is 0. The van der Waals surface area contributed by atoms with Crippen LogP contribution >= 0.6 is 0 Å². The number of hydrogen-bond acceptors (Lipinski definition) is 6. The van der Waals surface area contributed by atoms with Gasteiger partial charge in [0.2, 0.25) is 0 Å². The van der Waals surface area contributed by atoms with Crippen molar-refractivity contribution in [2.24, 2.45) is 0 Å². The van der Waals surface area contributed by atoms with E-state index in [1.54, 1.807) is 20.0 Å². The predicted molar refractivity (Wildman–Crippen MR) is 74.2 cm³/mol. The van der Waals surface area contributed by atoms with Crippen molar-refractivity contribution in [3.05, 3.63) is 39.2 Å². The van der Waals surface area contributed by atoms with Gasteiger partial charge in [-0.15, -0.1) is 0 Å². The van der Waals surface area contributed by atoms with E-state index in [0.717, 1.165) is 0 Å². The molecule has 8 nitrogen and oxygen atoms in total. The number of nitrogens with zero attached hydrogens (tertiary/aromatic N) is 1. The van der Waals surface area contributed by atoms with Crippen molar-refractivity contribution >= 4 is 13.5 Å². The molecule has 110 valence electrons. The highest BCUT2D eigenvalue weighted by Gasteiger charge is 2.28. The summed E-state index contributed by atoms with van der Waals surface area (Å²) in [4.78, 5) is 26.0. The summed E-state index contributed by atoms with van der Waals surface area (Å²) in [5.41, 5.74) is -0.274. The molecular weight excluding hydrogens is 279 g/mol. The van der Waals surface area contributed by atoms with Crippen LogP contribution in [-0.2, 0) is 9.47 Å². The van der Waals surface area contributed by atoms with E-state index in [1.165, 1.54) is 10.8 Å². The van der Waals surface area contributed by atoms with E-state index in [0.29, 0.717) is 11.4 Å². The van der Waals surface area contributed by atoms with Gasteiger partial charge in [-0.25, -0.2) is 4.79 Å². The van der Waals surface area contributed by atoms with Crippen LogP contribution in [0.2, 0.25) is 0 Å². The number of ether oxygens (including phenoxy) is 2. The SMILES string of the molecule is Bc1ccc(-c2cn(C3COC(CO)O3)c(=O)[nH]c2=O)o1. The minimum atomic E-state index is -0.775. The van der Waals surface area contributed by atoms with Gasteiger partial charge in [-0.2, -0.15) is 0 Å². The zero-order valence-corrected chi connectivity index (χ0v) is 11.2. The van der Waals surface area contributed by atoms with Crippen LogP contribution in [0.1, 0.15) is 6.23 Å². The lowest BCUT2D eigenvalue weighted by Gasteiger charge is -2.13. The maximum atomic E-state index is 11.9. The Morgan fingerprint density at radius 1 is 1.43 bits per heavy atom. The van der Waals surface area contributed by atoms with Gasteiger partial charge in [0.05, 0.1) is 24.4 Å². The summed E-state index contributed by atoms with van der Waals surface area (Å²) in [6.45, 7) is -0.202. The van der Waals surface area contributed by atoms with Crippen LogP contribution in [0.4, 0.5) is 0 Å². The third-order valence-corrected chi connectivity index (χ3v) is 3.17. The molecule has 3 heterocycles. The summed E-state index contributed by atoms with van der Waals surface area (Å²) in [7, 11) is 1.76. The Balaban J connectivity index is 2.02. The zero-order chi connectivity index (χ0) is 15.0. The number of H-pyrrole nitrogens is 1. The first-order valence-electron chi connectivity index (χ1n) is 6.38. The van der Waals surface area contributed by atoms with E-state index in [2.05, 4.69) is 4.98 Å². The summed E-state index contributed by atoms with van der Waals surface area (Å²) in [6, 6.07) is 3.37. The summed E-state index contributed by atoms with van der Waals surface area (Å²) in [5.74, 6) is 0.361. The molecular formula is C12H13BN2O6. The summed E-state index contributed by atoms with van der Waals surface area (Å²) in [5, 5.41) is 8.97. The van der Waals surface area contributed by atoms with Crippen molar-refractivity contribution in [3.8, 4) is 11.3 Å². The number of aliphatic hydroxyl groups excluding tert-OH is 1. The third-order valence-electron chi connectivity index (χ3n) is 3.17. The topological polar surface area (TPSA) is 107 Å². The first-order chi connectivity index (χ1) is 10.1. The van der Waals surface area contributed by atoms with Gasteiger partial charge < -0.3 is 19.0 Å². The number of aromatic amines is 1. The van der Waals surface area contributed by atoms with Crippen molar-refractivity contribution in [2.75, 3.05) is 13.2 Å².